The molecular formula is C15H20IN3O3. The third-order valence-corrected chi connectivity index (χ3v) is 4.58. The first kappa shape index (κ1) is 17.0. The summed E-state index contributed by atoms with van der Waals surface area (Å²) in [6, 6.07) is 7.52. The van der Waals surface area contributed by atoms with E-state index in [1.165, 1.54) is 7.11 Å². The Balaban J connectivity index is 1.71. The van der Waals surface area contributed by atoms with Gasteiger partial charge < -0.3 is 15.0 Å². The first-order valence-electron chi connectivity index (χ1n) is 7.20. The lowest BCUT2D eigenvalue weighted by Gasteiger charge is -2.33. The monoisotopic (exact) mass is 417 g/mol. The van der Waals surface area contributed by atoms with Crippen molar-refractivity contribution in [3.63, 3.8) is 0 Å². The molecule has 7 heteroatoms. The van der Waals surface area contributed by atoms with E-state index < -0.39 is 0 Å². The van der Waals surface area contributed by atoms with Gasteiger partial charge in [0.2, 0.25) is 0 Å². The average molecular weight is 417 g/mol. The molecule has 0 aliphatic carbocycles. The molecule has 1 saturated heterocycles. The van der Waals surface area contributed by atoms with Crippen LogP contribution in [0.15, 0.2) is 24.3 Å². The van der Waals surface area contributed by atoms with E-state index in [9.17, 15) is 9.59 Å². The molecule has 2 rings (SSSR count). The summed E-state index contributed by atoms with van der Waals surface area (Å²) in [5.74, 6) is -0.0433. The van der Waals surface area contributed by atoms with Crippen molar-refractivity contribution in [2.45, 2.75) is 0 Å². The van der Waals surface area contributed by atoms with E-state index in [1.54, 1.807) is 4.90 Å². The highest BCUT2D eigenvalue weighted by atomic mass is 127. The number of halogens is 1. The van der Waals surface area contributed by atoms with Crippen LogP contribution in [-0.4, -0.2) is 68.2 Å². The number of carbonyl (C=O) groups is 2. The number of ether oxygens (including phenoxy) is 1. The SMILES string of the molecule is COC(=O)N1CCN(CCNC(=O)c2ccccc2I)CC1. The highest BCUT2D eigenvalue weighted by Gasteiger charge is 2.21. The number of rotatable bonds is 4. The Hall–Kier alpha value is -1.35. The number of nitrogens with zero attached hydrogens (tertiary/aromatic N) is 2. The van der Waals surface area contributed by atoms with E-state index in [4.69, 9.17) is 4.74 Å². The molecule has 1 aliphatic rings. The van der Waals surface area contributed by atoms with Gasteiger partial charge in [-0.2, -0.15) is 0 Å². The number of amides is 2. The quantitative estimate of drug-likeness (QED) is 0.753. The summed E-state index contributed by atoms with van der Waals surface area (Å²) in [7, 11) is 1.40. The van der Waals surface area contributed by atoms with Crippen molar-refractivity contribution in [3.05, 3.63) is 33.4 Å². The first-order chi connectivity index (χ1) is 10.6. The fourth-order valence-corrected chi connectivity index (χ4v) is 2.98. The number of hydrogen-bond acceptors (Lipinski definition) is 4. The molecule has 1 aromatic rings. The van der Waals surface area contributed by atoms with E-state index in [0.29, 0.717) is 25.2 Å². The van der Waals surface area contributed by atoms with E-state index >= 15 is 0 Å². The molecule has 0 atom stereocenters. The lowest BCUT2D eigenvalue weighted by atomic mass is 10.2. The zero-order valence-electron chi connectivity index (χ0n) is 12.5. The maximum absolute atomic E-state index is 12.1. The van der Waals surface area contributed by atoms with Gasteiger partial charge in [-0.05, 0) is 34.7 Å². The van der Waals surface area contributed by atoms with Gasteiger partial charge in [0.1, 0.15) is 0 Å². The fourth-order valence-electron chi connectivity index (χ4n) is 2.35. The largest absolute Gasteiger partial charge is 0.453 e. The molecule has 22 heavy (non-hydrogen) atoms. The van der Waals surface area contributed by atoms with Crippen LogP contribution in [0.4, 0.5) is 4.79 Å². The third-order valence-electron chi connectivity index (χ3n) is 3.64. The van der Waals surface area contributed by atoms with E-state index in [-0.39, 0.29) is 12.0 Å². The van der Waals surface area contributed by atoms with Crippen LogP contribution in [0.1, 0.15) is 10.4 Å². The third kappa shape index (κ3) is 4.57. The van der Waals surface area contributed by atoms with Gasteiger partial charge >= 0.3 is 6.09 Å². The molecule has 0 bridgehead atoms. The van der Waals surface area contributed by atoms with E-state index in [0.717, 1.165) is 23.2 Å². The van der Waals surface area contributed by atoms with Crippen LogP contribution in [0.3, 0.4) is 0 Å². The number of carbonyl (C=O) groups excluding carboxylic acids is 2. The lowest BCUT2D eigenvalue weighted by molar-refractivity contribution is 0.0884. The summed E-state index contributed by atoms with van der Waals surface area (Å²) < 4.78 is 5.66. The molecule has 120 valence electrons. The molecule has 1 fully saturated rings. The normalized spacial score (nSPS) is 15.5. The van der Waals surface area contributed by atoms with Gasteiger partial charge in [0.05, 0.1) is 12.7 Å². The van der Waals surface area contributed by atoms with Crippen molar-refractivity contribution in [2.24, 2.45) is 0 Å². The zero-order valence-corrected chi connectivity index (χ0v) is 14.7. The summed E-state index contributed by atoms with van der Waals surface area (Å²) >= 11 is 2.16. The summed E-state index contributed by atoms with van der Waals surface area (Å²) in [5, 5.41) is 2.94. The van der Waals surface area contributed by atoms with E-state index in [2.05, 4.69) is 32.8 Å². The maximum atomic E-state index is 12.1. The van der Waals surface area contributed by atoms with Crippen LogP contribution in [0.2, 0.25) is 0 Å². The fraction of sp³-hybridized carbons (Fsp3) is 0.467. The molecule has 0 saturated carbocycles. The molecule has 1 aromatic carbocycles. The molecule has 0 radical (unpaired) electrons. The number of benzene rings is 1. The van der Waals surface area contributed by atoms with Crippen molar-refractivity contribution >= 4 is 34.6 Å². The van der Waals surface area contributed by atoms with Crippen LogP contribution in [0.5, 0.6) is 0 Å². The second-order valence-corrected chi connectivity index (χ2v) is 6.20. The standard InChI is InChI=1S/C15H20IN3O3/c1-22-15(21)19-10-8-18(9-11-19)7-6-17-14(20)12-4-2-3-5-13(12)16/h2-5H,6-11H2,1H3,(H,17,20). The second-order valence-electron chi connectivity index (χ2n) is 5.03. The number of piperazine rings is 1. The smallest absolute Gasteiger partial charge is 0.409 e. The molecule has 1 aliphatic heterocycles. The topological polar surface area (TPSA) is 61.9 Å². The van der Waals surface area contributed by atoms with Gasteiger partial charge in [-0.25, -0.2) is 4.79 Å². The number of nitrogens with one attached hydrogen (secondary N) is 1. The van der Waals surface area contributed by atoms with Crippen molar-refractivity contribution in [2.75, 3.05) is 46.4 Å². The van der Waals surface area contributed by atoms with Gasteiger partial charge in [-0.1, -0.05) is 12.1 Å². The van der Waals surface area contributed by atoms with Crippen LogP contribution in [-0.2, 0) is 4.74 Å². The molecule has 0 aromatic heterocycles. The lowest BCUT2D eigenvalue weighted by Crippen LogP contribution is -2.50. The predicted octanol–water partition coefficient (Wildman–Crippen LogP) is 1.41. The Bertz CT molecular complexity index is 531. The van der Waals surface area contributed by atoms with Gasteiger partial charge in [0.15, 0.2) is 0 Å². The maximum Gasteiger partial charge on any atom is 0.409 e. The minimum absolute atomic E-state index is 0.0433. The molecule has 2 amide bonds. The van der Waals surface area contributed by atoms with Gasteiger partial charge in [0.25, 0.3) is 5.91 Å². The van der Waals surface area contributed by atoms with Gasteiger partial charge in [0, 0.05) is 42.8 Å². The Morgan fingerprint density at radius 2 is 1.91 bits per heavy atom. The van der Waals surface area contributed by atoms with Crippen LogP contribution >= 0.6 is 22.6 Å². The number of hydrogen-bond donors (Lipinski definition) is 1. The summed E-state index contributed by atoms with van der Waals surface area (Å²) in [4.78, 5) is 27.4. The minimum Gasteiger partial charge on any atom is -0.453 e. The Kier molecular flexibility index (Phi) is 6.44. The Morgan fingerprint density at radius 1 is 1.23 bits per heavy atom. The van der Waals surface area contributed by atoms with Gasteiger partial charge in [-0.15, -0.1) is 0 Å². The zero-order chi connectivity index (χ0) is 15.9. The second kappa shape index (κ2) is 8.33. The minimum atomic E-state index is -0.272. The van der Waals surface area contributed by atoms with Crippen LogP contribution in [0, 0.1) is 3.57 Å². The van der Waals surface area contributed by atoms with Crippen molar-refractivity contribution in [3.8, 4) is 0 Å². The first-order valence-corrected chi connectivity index (χ1v) is 8.27. The van der Waals surface area contributed by atoms with E-state index in [1.807, 2.05) is 24.3 Å². The van der Waals surface area contributed by atoms with Gasteiger partial charge in [-0.3, -0.25) is 9.69 Å². The molecule has 0 unspecified atom stereocenters. The molecule has 6 nitrogen and oxygen atoms in total. The summed E-state index contributed by atoms with van der Waals surface area (Å²) in [6.07, 6.45) is -0.272. The predicted molar refractivity (Wildman–Crippen MR) is 91.9 cm³/mol. The summed E-state index contributed by atoms with van der Waals surface area (Å²) in [6.45, 7) is 4.31. The van der Waals surface area contributed by atoms with Crippen LogP contribution < -0.4 is 5.32 Å². The highest BCUT2D eigenvalue weighted by Crippen LogP contribution is 2.11. The molecule has 1 N–H and O–H groups in total. The van der Waals surface area contributed by atoms with Crippen LogP contribution in [0.25, 0.3) is 0 Å². The molecular weight excluding hydrogens is 397 g/mol. The number of methoxy groups -OCH3 is 1. The van der Waals surface area contributed by atoms with Crippen molar-refractivity contribution in [1.29, 1.82) is 0 Å². The molecule has 1 heterocycles. The van der Waals surface area contributed by atoms with Crippen molar-refractivity contribution < 1.29 is 14.3 Å². The molecule has 0 spiro atoms. The Morgan fingerprint density at radius 3 is 2.55 bits per heavy atom. The summed E-state index contributed by atoms with van der Waals surface area (Å²) in [5.41, 5.74) is 0.707. The van der Waals surface area contributed by atoms with Crippen molar-refractivity contribution in [1.82, 2.24) is 15.1 Å². The average Bonchev–Trinajstić information content (AvgIpc) is 2.55. The Labute approximate surface area is 143 Å². The highest BCUT2D eigenvalue weighted by molar-refractivity contribution is 14.1.